The molecule has 154 valence electrons. The summed E-state index contributed by atoms with van der Waals surface area (Å²) in [6, 6.07) is 12.7. The lowest BCUT2D eigenvalue weighted by atomic mass is 9.59. The summed E-state index contributed by atoms with van der Waals surface area (Å²) in [5.74, 6) is -0.273. The molecule has 1 heterocycles. The minimum Gasteiger partial charge on any atom is -0.398 e. The van der Waals surface area contributed by atoms with Crippen molar-refractivity contribution in [2.75, 3.05) is 12.3 Å². The molecule has 3 atom stereocenters. The van der Waals surface area contributed by atoms with Gasteiger partial charge in [-0.15, -0.1) is 0 Å². The standard InChI is InChI=1S/C23H26Cl2N2O2/c1-14(2)8-16-10-22(29)27-12-20(15-4-3-5-17(24)9-15)23(16,13-28)19-7-6-18(25)11-21(19)26/h3-7,9,11,13-14,16,20H,8,10,12,26H2,1-2H3,(H,27,29)/t16-,20-,23+/m0/s1. The number of benzene rings is 2. The average molecular weight is 433 g/mol. The number of carbonyl (C=O) groups excluding carboxylic acids is 2. The van der Waals surface area contributed by atoms with Crippen LogP contribution in [0.2, 0.25) is 10.0 Å². The zero-order valence-electron chi connectivity index (χ0n) is 16.6. The van der Waals surface area contributed by atoms with Crippen LogP contribution in [0, 0.1) is 11.8 Å². The second kappa shape index (κ2) is 8.76. The van der Waals surface area contributed by atoms with Gasteiger partial charge in [-0.25, -0.2) is 0 Å². The first-order chi connectivity index (χ1) is 13.8. The number of anilines is 1. The van der Waals surface area contributed by atoms with Crippen LogP contribution in [0.4, 0.5) is 5.69 Å². The number of hydrogen-bond acceptors (Lipinski definition) is 3. The molecule has 29 heavy (non-hydrogen) atoms. The fourth-order valence-electron chi connectivity index (χ4n) is 4.68. The van der Waals surface area contributed by atoms with Crippen molar-refractivity contribution in [2.45, 2.75) is 38.0 Å². The molecule has 2 aromatic carbocycles. The lowest BCUT2D eigenvalue weighted by molar-refractivity contribution is -0.122. The minimum atomic E-state index is -0.983. The van der Waals surface area contributed by atoms with E-state index in [0.29, 0.717) is 40.2 Å². The lowest BCUT2D eigenvalue weighted by Gasteiger charge is -2.42. The fraction of sp³-hybridized carbons (Fsp3) is 0.391. The van der Waals surface area contributed by atoms with E-state index in [4.69, 9.17) is 28.9 Å². The summed E-state index contributed by atoms with van der Waals surface area (Å²) in [5.41, 5.74) is 7.47. The fourth-order valence-corrected chi connectivity index (χ4v) is 5.06. The summed E-state index contributed by atoms with van der Waals surface area (Å²) >= 11 is 12.4. The number of nitrogen functional groups attached to an aromatic ring is 1. The molecular weight excluding hydrogens is 407 g/mol. The van der Waals surface area contributed by atoms with Gasteiger partial charge >= 0.3 is 0 Å². The molecule has 6 heteroatoms. The smallest absolute Gasteiger partial charge is 0.220 e. The van der Waals surface area contributed by atoms with E-state index < -0.39 is 5.41 Å². The van der Waals surface area contributed by atoms with Gasteiger partial charge in [0, 0.05) is 34.6 Å². The Morgan fingerprint density at radius 1 is 1.21 bits per heavy atom. The Hall–Kier alpha value is -2.04. The third-order valence-electron chi connectivity index (χ3n) is 5.87. The molecule has 0 bridgehead atoms. The maximum atomic E-state index is 13.0. The predicted octanol–water partition coefficient (Wildman–Crippen LogP) is 4.98. The summed E-state index contributed by atoms with van der Waals surface area (Å²) in [6.45, 7) is 4.52. The summed E-state index contributed by atoms with van der Waals surface area (Å²) in [6.07, 6.45) is 1.97. The van der Waals surface area contributed by atoms with Gasteiger partial charge in [-0.3, -0.25) is 4.79 Å². The van der Waals surface area contributed by atoms with Gasteiger partial charge in [-0.2, -0.15) is 0 Å². The van der Waals surface area contributed by atoms with E-state index in [-0.39, 0.29) is 24.2 Å². The molecule has 4 nitrogen and oxygen atoms in total. The molecule has 1 amide bonds. The van der Waals surface area contributed by atoms with Crippen LogP contribution in [-0.4, -0.2) is 18.7 Å². The molecule has 3 rings (SSSR count). The van der Waals surface area contributed by atoms with Gasteiger partial charge in [0.15, 0.2) is 0 Å². The van der Waals surface area contributed by atoms with Crippen molar-refractivity contribution in [1.29, 1.82) is 0 Å². The molecule has 0 aromatic heterocycles. The quantitative estimate of drug-likeness (QED) is 0.516. The highest BCUT2D eigenvalue weighted by Crippen LogP contribution is 2.50. The molecule has 2 aromatic rings. The number of aldehydes is 1. The van der Waals surface area contributed by atoms with E-state index in [9.17, 15) is 9.59 Å². The molecule has 0 unspecified atom stereocenters. The van der Waals surface area contributed by atoms with E-state index in [0.717, 1.165) is 11.8 Å². The summed E-state index contributed by atoms with van der Waals surface area (Å²) in [4.78, 5) is 25.6. The highest BCUT2D eigenvalue weighted by molar-refractivity contribution is 6.31. The monoisotopic (exact) mass is 432 g/mol. The van der Waals surface area contributed by atoms with Crippen molar-refractivity contribution in [1.82, 2.24) is 5.32 Å². The highest BCUT2D eigenvalue weighted by Gasteiger charge is 2.50. The van der Waals surface area contributed by atoms with Gasteiger partial charge in [-0.05, 0) is 53.6 Å². The van der Waals surface area contributed by atoms with E-state index in [1.165, 1.54) is 0 Å². The van der Waals surface area contributed by atoms with Gasteiger partial charge in [0.1, 0.15) is 6.29 Å². The summed E-state index contributed by atoms with van der Waals surface area (Å²) in [7, 11) is 0. The van der Waals surface area contributed by atoms with E-state index >= 15 is 0 Å². The zero-order valence-corrected chi connectivity index (χ0v) is 18.1. The van der Waals surface area contributed by atoms with Crippen LogP contribution in [0.25, 0.3) is 0 Å². The molecule has 0 radical (unpaired) electrons. The first-order valence-electron chi connectivity index (χ1n) is 9.82. The molecular formula is C23H26Cl2N2O2. The van der Waals surface area contributed by atoms with Crippen LogP contribution in [0.3, 0.4) is 0 Å². The lowest BCUT2D eigenvalue weighted by Crippen LogP contribution is -2.45. The third kappa shape index (κ3) is 4.29. The van der Waals surface area contributed by atoms with E-state index in [1.54, 1.807) is 18.2 Å². The Kier molecular flexibility index (Phi) is 6.55. The van der Waals surface area contributed by atoms with E-state index in [2.05, 4.69) is 19.2 Å². The van der Waals surface area contributed by atoms with Crippen molar-refractivity contribution in [2.24, 2.45) is 11.8 Å². The van der Waals surface area contributed by atoms with Gasteiger partial charge in [-0.1, -0.05) is 55.2 Å². The Morgan fingerprint density at radius 2 is 1.93 bits per heavy atom. The molecule has 0 spiro atoms. The van der Waals surface area contributed by atoms with Crippen LogP contribution >= 0.6 is 23.2 Å². The SMILES string of the molecule is CC(C)C[C@H]1CC(=O)NC[C@@H](c2cccc(Cl)c2)[C@@]1(C=O)c1ccc(Cl)cc1N. The maximum absolute atomic E-state index is 13.0. The molecule has 1 aliphatic rings. The van der Waals surface area contributed by atoms with Crippen molar-refractivity contribution >= 4 is 41.1 Å². The molecule has 1 saturated heterocycles. The first-order valence-corrected chi connectivity index (χ1v) is 10.6. The van der Waals surface area contributed by atoms with Gasteiger partial charge < -0.3 is 15.8 Å². The topological polar surface area (TPSA) is 72.2 Å². The van der Waals surface area contributed by atoms with Crippen molar-refractivity contribution < 1.29 is 9.59 Å². The number of halogens is 2. The van der Waals surface area contributed by atoms with Gasteiger partial charge in [0.25, 0.3) is 0 Å². The van der Waals surface area contributed by atoms with Crippen LogP contribution in [0.1, 0.15) is 43.7 Å². The molecule has 1 fully saturated rings. The number of carbonyl (C=O) groups is 2. The number of amides is 1. The maximum Gasteiger partial charge on any atom is 0.220 e. The van der Waals surface area contributed by atoms with Gasteiger partial charge in [0.2, 0.25) is 5.91 Å². The normalized spacial score (nSPS) is 24.8. The molecule has 0 aliphatic carbocycles. The van der Waals surface area contributed by atoms with E-state index in [1.807, 2.05) is 24.3 Å². The third-order valence-corrected chi connectivity index (χ3v) is 6.34. The van der Waals surface area contributed by atoms with Crippen LogP contribution in [-0.2, 0) is 15.0 Å². The van der Waals surface area contributed by atoms with Crippen LogP contribution < -0.4 is 11.1 Å². The van der Waals surface area contributed by atoms with Crippen LogP contribution in [0.5, 0.6) is 0 Å². The van der Waals surface area contributed by atoms with Gasteiger partial charge in [0.05, 0.1) is 5.41 Å². The first kappa shape index (κ1) is 21.7. The highest BCUT2D eigenvalue weighted by atomic mass is 35.5. The number of nitrogens with one attached hydrogen (secondary N) is 1. The number of hydrogen-bond donors (Lipinski definition) is 2. The predicted molar refractivity (Wildman–Crippen MR) is 118 cm³/mol. The minimum absolute atomic E-state index is 0.0565. The largest absolute Gasteiger partial charge is 0.398 e. The van der Waals surface area contributed by atoms with Crippen LogP contribution in [0.15, 0.2) is 42.5 Å². The summed E-state index contributed by atoms with van der Waals surface area (Å²) in [5, 5.41) is 4.09. The number of nitrogens with two attached hydrogens (primary N) is 1. The zero-order chi connectivity index (χ0) is 21.2. The molecule has 1 aliphatic heterocycles. The van der Waals surface area contributed by atoms with Crippen molar-refractivity contribution in [3.05, 3.63) is 63.6 Å². The van der Waals surface area contributed by atoms with Crippen molar-refractivity contribution in [3.63, 3.8) is 0 Å². The Balaban J connectivity index is 2.30. The molecule has 3 N–H and O–H groups in total. The van der Waals surface area contributed by atoms with Crippen molar-refractivity contribution in [3.8, 4) is 0 Å². The second-order valence-electron chi connectivity index (χ2n) is 8.22. The second-order valence-corrected chi connectivity index (χ2v) is 9.10. The Labute approximate surface area is 181 Å². The summed E-state index contributed by atoms with van der Waals surface area (Å²) < 4.78 is 0. The molecule has 0 saturated carbocycles. The Morgan fingerprint density at radius 3 is 2.55 bits per heavy atom. The Bertz CT molecular complexity index is 916. The number of rotatable bonds is 5. The average Bonchev–Trinajstić information content (AvgIpc) is 2.78.